The number of likely N-dealkylation sites (N-methyl/N-ethyl adjacent to an activating group) is 1. The lowest BCUT2D eigenvalue weighted by atomic mass is 10.1. The van der Waals surface area contributed by atoms with Gasteiger partial charge in [-0.05, 0) is 31.8 Å². The van der Waals surface area contributed by atoms with Crippen LogP contribution >= 0.6 is 0 Å². The quantitative estimate of drug-likeness (QED) is 0.778. The summed E-state index contributed by atoms with van der Waals surface area (Å²) in [5.41, 5.74) is 1.68. The smallest absolute Gasteiger partial charge is 0.276 e. The molecule has 6 heteroatoms. The van der Waals surface area contributed by atoms with Gasteiger partial charge in [0.1, 0.15) is 5.52 Å². The van der Waals surface area contributed by atoms with Gasteiger partial charge in [0.2, 0.25) is 0 Å². The molecule has 0 aliphatic heterocycles. The summed E-state index contributed by atoms with van der Waals surface area (Å²) in [7, 11) is 5.74. The Morgan fingerprint density at radius 1 is 1.17 bits per heavy atom. The second kappa shape index (κ2) is 6.80. The molecule has 0 radical (unpaired) electrons. The minimum Gasteiger partial charge on any atom is -0.365 e. The molecule has 0 bridgehead atoms. The molecule has 0 saturated carbocycles. The number of hydrogen-bond acceptors (Lipinski definition) is 5. The zero-order chi connectivity index (χ0) is 17.1. The maximum absolute atomic E-state index is 12.2. The second-order valence-electron chi connectivity index (χ2n) is 5.95. The van der Waals surface area contributed by atoms with Crippen LogP contribution in [0.15, 0.2) is 53.5 Å². The molecular formula is C18H21N5O. The topological polar surface area (TPSA) is 63.1 Å². The molecule has 0 saturated heterocycles. The summed E-state index contributed by atoms with van der Waals surface area (Å²) in [4.78, 5) is 18.7. The number of aryl methyl sites for hydroxylation is 1. The van der Waals surface area contributed by atoms with Crippen molar-refractivity contribution in [2.75, 3.05) is 26.0 Å². The molecule has 0 aliphatic rings. The molecule has 0 spiro atoms. The minimum atomic E-state index is -0.143. The van der Waals surface area contributed by atoms with Gasteiger partial charge in [0.05, 0.1) is 11.4 Å². The van der Waals surface area contributed by atoms with Gasteiger partial charge in [0, 0.05) is 19.8 Å². The predicted molar refractivity (Wildman–Crippen MR) is 96.1 cm³/mol. The Bertz CT molecular complexity index is 889. The summed E-state index contributed by atoms with van der Waals surface area (Å²) in [6.07, 6.45) is 1.68. The number of benzene rings is 1. The van der Waals surface area contributed by atoms with E-state index in [1.54, 1.807) is 25.4 Å². The van der Waals surface area contributed by atoms with Gasteiger partial charge in [-0.25, -0.2) is 4.68 Å². The highest BCUT2D eigenvalue weighted by Gasteiger charge is 2.16. The average Bonchev–Trinajstić information content (AvgIpc) is 2.60. The number of anilines is 1. The van der Waals surface area contributed by atoms with E-state index >= 15 is 0 Å². The molecule has 1 aromatic carbocycles. The second-order valence-corrected chi connectivity index (χ2v) is 5.95. The summed E-state index contributed by atoms with van der Waals surface area (Å²) in [6.45, 7) is 0.661. The van der Waals surface area contributed by atoms with Gasteiger partial charge in [-0.3, -0.25) is 9.78 Å². The molecule has 0 aliphatic carbocycles. The molecule has 3 aromatic rings. The van der Waals surface area contributed by atoms with Gasteiger partial charge in [-0.15, -0.1) is 0 Å². The van der Waals surface area contributed by atoms with Crippen LogP contribution in [0.4, 0.5) is 5.82 Å². The number of fused-ring (bicyclic) bond motifs is 1. The number of aromatic nitrogens is 3. The molecule has 1 atom stereocenters. The molecule has 6 nitrogen and oxygen atoms in total. The fourth-order valence-electron chi connectivity index (χ4n) is 2.77. The molecule has 24 heavy (non-hydrogen) atoms. The summed E-state index contributed by atoms with van der Waals surface area (Å²) in [5.74, 6) is 0.621. The lowest BCUT2D eigenvalue weighted by molar-refractivity contribution is 0.311. The maximum Gasteiger partial charge on any atom is 0.276 e. The van der Waals surface area contributed by atoms with Crippen molar-refractivity contribution in [1.29, 1.82) is 0 Å². The lowest BCUT2D eigenvalue weighted by Gasteiger charge is -2.25. The van der Waals surface area contributed by atoms with E-state index in [1.165, 1.54) is 10.2 Å². The van der Waals surface area contributed by atoms with Crippen molar-refractivity contribution < 1.29 is 0 Å². The monoisotopic (exact) mass is 323 g/mol. The fraction of sp³-hybridized carbons (Fsp3) is 0.278. The Morgan fingerprint density at radius 2 is 1.92 bits per heavy atom. The third-order valence-electron chi connectivity index (χ3n) is 4.08. The Kier molecular flexibility index (Phi) is 4.57. The highest BCUT2D eigenvalue weighted by molar-refractivity contribution is 5.86. The largest absolute Gasteiger partial charge is 0.365 e. The number of hydrogen-bond donors (Lipinski definition) is 1. The first-order chi connectivity index (χ1) is 11.6. The van der Waals surface area contributed by atoms with Crippen LogP contribution < -0.4 is 10.9 Å². The highest BCUT2D eigenvalue weighted by Crippen LogP contribution is 2.20. The van der Waals surface area contributed by atoms with Crippen LogP contribution in [-0.2, 0) is 7.05 Å². The lowest BCUT2D eigenvalue weighted by Crippen LogP contribution is -2.28. The predicted octanol–water partition coefficient (Wildman–Crippen LogP) is 2.04. The number of pyridine rings is 1. The van der Waals surface area contributed by atoms with Crippen molar-refractivity contribution in [1.82, 2.24) is 19.7 Å². The fourth-order valence-corrected chi connectivity index (χ4v) is 2.77. The zero-order valence-electron chi connectivity index (χ0n) is 14.1. The van der Waals surface area contributed by atoms with E-state index in [0.29, 0.717) is 23.3 Å². The normalized spacial score (nSPS) is 12.5. The average molecular weight is 323 g/mol. The molecule has 0 fully saturated rings. The van der Waals surface area contributed by atoms with E-state index in [9.17, 15) is 4.79 Å². The van der Waals surface area contributed by atoms with E-state index in [-0.39, 0.29) is 11.6 Å². The Morgan fingerprint density at radius 3 is 2.62 bits per heavy atom. The first kappa shape index (κ1) is 16.1. The van der Waals surface area contributed by atoms with Crippen molar-refractivity contribution in [2.24, 2.45) is 7.05 Å². The molecule has 0 amide bonds. The van der Waals surface area contributed by atoms with E-state index in [4.69, 9.17) is 0 Å². The molecule has 1 N–H and O–H groups in total. The van der Waals surface area contributed by atoms with E-state index in [1.807, 2.05) is 32.3 Å². The van der Waals surface area contributed by atoms with Crippen molar-refractivity contribution in [2.45, 2.75) is 6.04 Å². The standard InChI is InChI=1S/C18H21N5O/c1-22(2)15(13-8-5-4-6-9-13)12-20-17-16-14(10-7-11-19-16)18(24)23(3)21-17/h4-11,15H,12H2,1-3H3,(H,20,21)/t15-/m1/s1. The molecule has 2 aromatic heterocycles. The van der Waals surface area contributed by atoms with Crippen LogP contribution in [0.2, 0.25) is 0 Å². The van der Waals surface area contributed by atoms with Crippen molar-refractivity contribution in [3.8, 4) is 0 Å². The van der Waals surface area contributed by atoms with Gasteiger partial charge < -0.3 is 10.2 Å². The van der Waals surface area contributed by atoms with Crippen LogP contribution in [0, 0.1) is 0 Å². The van der Waals surface area contributed by atoms with Gasteiger partial charge >= 0.3 is 0 Å². The van der Waals surface area contributed by atoms with Crippen LogP contribution in [-0.4, -0.2) is 40.3 Å². The first-order valence-electron chi connectivity index (χ1n) is 7.85. The molecular weight excluding hydrogens is 302 g/mol. The van der Waals surface area contributed by atoms with Gasteiger partial charge in [-0.2, -0.15) is 5.10 Å². The van der Waals surface area contributed by atoms with E-state index in [0.717, 1.165) is 0 Å². The molecule has 3 rings (SSSR count). The summed E-state index contributed by atoms with van der Waals surface area (Å²) in [5, 5.41) is 8.27. The molecule has 124 valence electrons. The van der Waals surface area contributed by atoms with E-state index < -0.39 is 0 Å². The maximum atomic E-state index is 12.2. The van der Waals surface area contributed by atoms with Crippen LogP contribution in [0.25, 0.3) is 10.9 Å². The van der Waals surface area contributed by atoms with Crippen molar-refractivity contribution in [3.63, 3.8) is 0 Å². The Balaban J connectivity index is 1.92. The number of nitrogens with zero attached hydrogens (tertiary/aromatic N) is 4. The van der Waals surface area contributed by atoms with Gasteiger partial charge in [0.15, 0.2) is 5.82 Å². The minimum absolute atomic E-state index is 0.143. The van der Waals surface area contributed by atoms with E-state index in [2.05, 4.69) is 32.4 Å². The third-order valence-corrected chi connectivity index (χ3v) is 4.08. The Hall–Kier alpha value is -2.73. The summed E-state index contributed by atoms with van der Waals surface area (Å²) < 4.78 is 1.35. The van der Waals surface area contributed by atoms with Crippen LogP contribution in [0.3, 0.4) is 0 Å². The SMILES string of the molecule is CN(C)[C@H](CNc1nn(C)c(=O)c2cccnc12)c1ccccc1. The first-order valence-corrected chi connectivity index (χ1v) is 7.85. The van der Waals surface area contributed by atoms with Crippen LogP contribution in [0.1, 0.15) is 11.6 Å². The van der Waals surface area contributed by atoms with Crippen molar-refractivity contribution in [3.05, 3.63) is 64.6 Å². The van der Waals surface area contributed by atoms with Gasteiger partial charge in [0.25, 0.3) is 5.56 Å². The zero-order valence-corrected chi connectivity index (χ0v) is 14.1. The molecule has 0 unspecified atom stereocenters. The van der Waals surface area contributed by atoms with Gasteiger partial charge in [-0.1, -0.05) is 30.3 Å². The van der Waals surface area contributed by atoms with Crippen molar-refractivity contribution >= 4 is 16.7 Å². The summed E-state index contributed by atoms with van der Waals surface area (Å²) in [6, 6.07) is 14.0. The third kappa shape index (κ3) is 3.14. The summed E-state index contributed by atoms with van der Waals surface area (Å²) >= 11 is 0. The van der Waals surface area contributed by atoms with Crippen LogP contribution in [0.5, 0.6) is 0 Å². The Labute approximate surface area is 140 Å². The molecule has 2 heterocycles. The number of rotatable bonds is 5. The highest BCUT2D eigenvalue weighted by atomic mass is 16.1. The number of nitrogens with one attached hydrogen (secondary N) is 1.